The highest BCUT2D eigenvalue weighted by atomic mass is 16.2. The van der Waals surface area contributed by atoms with Crippen LogP contribution >= 0.6 is 0 Å². The number of piperidine rings is 1. The molecule has 1 aromatic heterocycles. The number of nitrogens with zero attached hydrogens (tertiary/aromatic N) is 2. The zero-order chi connectivity index (χ0) is 28.2. The second-order valence-corrected chi connectivity index (χ2v) is 11.2. The van der Waals surface area contributed by atoms with E-state index in [4.69, 9.17) is 10.5 Å². The van der Waals surface area contributed by atoms with Gasteiger partial charge in [-0.25, -0.2) is 0 Å². The first-order valence-electron chi connectivity index (χ1n) is 13.5. The lowest BCUT2D eigenvalue weighted by Crippen LogP contribution is -2.62. The summed E-state index contributed by atoms with van der Waals surface area (Å²) in [6.07, 6.45) is 5.87. The van der Waals surface area contributed by atoms with Gasteiger partial charge >= 0.3 is 0 Å². The third-order valence-electron chi connectivity index (χ3n) is 7.86. The molecule has 1 fully saturated rings. The Hall–Kier alpha value is -3.85. The SMILES string of the molecule is CN1c2ccccc2CC12CCCN(C(=O)[C@@H](Cc1c[nH]c3ccccc13)NC(=O)C(C)(C)N)C2.CNC=O. The zero-order valence-corrected chi connectivity index (χ0v) is 23.3. The number of aromatic nitrogens is 1. The van der Waals surface area contributed by atoms with Crippen LogP contribution in [0.5, 0.6) is 0 Å². The number of likely N-dealkylation sites (N-methyl/N-ethyl adjacent to an activating group) is 1. The minimum atomic E-state index is -1.07. The summed E-state index contributed by atoms with van der Waals surface area (Å²) in [5.74, 6) is -0.371. The molecule has 1 spiro atoms. The van der Waals surface area contributed by atoms with Crippen molar-refractivity contribution >= 4 is 34.8 Å². The number of carbonyl (C=O) groups excluding carboxylic acids is 3. The molecule has 3 aromatic rings. The summed E-state index contributed by atoms with van der Waals surface area (Å²) in [6, 6.07) is 15.8. The molecule has 2 aliphatic rings. The number of para-hydroxylation sites is 2. The number of amides is 3. The molecule has 1 unspecified atom stereocenters. The van der Waals surface area contributed by atoms with E-state index >= 15 is 0 Å². The highest BCUT2D eigenvalue weighted by Gasteiger charge is 2.46. The van der Waals surface area contributed by atoms with Gasteiger partial charge in [0.05, 0.1) is 11.1 Å². The van der Waals surface area contributed by atoms with E-state index in [2.05, 4.69) is 51.8 Å². The van der Waals surface area contributed by atoms with Crippen molar-refractivity contribution in [3.05, 3.63) is 65.9 Å². The number of rotatable bonds is 6. The number of nitrogens with two attached hydrogens (primary N) is 1. The highest BCUT2D eigenvalue weighted by Crippen LogP contribution is 2.42. The molecule has 3 heterocycles. The molecule has 1 saturated heterocycles. The van der Waals surface area contributed by atoms with Crippen LogP contribution in [0, 0.1) is 0 Å². The van der Waals surface area contributed by atoms with Gasteiger partial charge in [0.25, 0.3) is 0 Å². The summed E-state index contributed by atoms with van der Waals surface area (Å²) in [4.78, 5) is 43.5. The lowest BCUT2D eigenvalue weighted by molar-refractivity contribution is -0.139. The molecule has 2 aliphatic heterocycles. The van der Waals surface area contributed by atoms with Gasteiger partial charge in [-0.05, 0) is 56.4 Å². The van der Waals surface area contributed by atoms with Crippen molar-refractivity contribution in [3.63, 3.8) is 0 Å². The molecule has 0 aliphatic carbocycles. The van der Waals surface area contributed by atoms with E-state index in [0.29, 0.717) is 25.9 Å². The zero-order valence-electron chi connectivity index (χ0n) is 23.3. The maximum Gasteiger partial charge on any atom is 0.245 e. The minimum absolute atomic E-state index is 0.0451. The van der Waals surface area contributed by atoms with Crippen LogP contribution in [-0.2, 0) is 27.2 Å². The van der Waals surface area contributed by atoms with Crippen LogP contribution in [0.3, 0.4) is 0 Å². The van der Waals surface area contributed by atoms with Gasteiger partial charge in [-0.15, -0.1) is 0 Å². The van der Waals surface area contributed by atoms with E-state index in [0.717, 1.165) is 35.7 Å². The minimum Gasteiger partial charge on any atom is -0.367 e. The molecule has 2 atom stereocenters. The Morgan fingerprint density at radius 2 is 1.87 bits per heavy atom. The number of nitrogens with one attached hydrogen (secondary N) is 3. The molecule has 0 bridgehead atoms. The maximum atomic E-state index is 14.0. The normalized spacial score (nSPS) is 19.2. The molecule has 9 nitrogen and oxygen atoms in total. The van der Waals surface area contributed by atoms with E-state index in [9.17, 15) is 9.59 Å². The predicted molar refractivity (Wildman–Crippen MR) is 154 cm³/mol. The van der Waals surface area contributed by atoms with E-state index in [1.165, 1.54) is 11.3 Å². The molecule has 3 amide bonds. The van der Waals surface area contributed by atoms with Crippen molar-refractivity contribution in [1.82, 2.24) is 20.5 Å². The number of H-pyrrole nitrogens is 1. The number of aromatic amines is 1. The molecule has 2 aromatic carbocycles. The molecule has 9 heteroatoms. The molecular weight excluding hydrogens is 492 g/mol. The van der Waals surface area contributed by atoms with Crippen LogP contribution < -0.4 is 21.3 Å². The van der Waals surface area contributed by atoms with Crippen LogP contribution in [0.25, 0.3) is 10.9 Å². The smallest absolute Gasteiger partial charge is 0.245 e. The van der Waals surface area contributed by atoms with Gasteiger partial charge in [-0.2, -0.15) is 0 Å². The van der Waals surface area contributed by atoms with E-state index in [-0.39, 0.29) is 17.4 Å². The Morgan fingerprint density at radius 1 is 1.18 bits per heavy atom. The third-order valence-corrected chi connectivity index (χ3v) is 7.86. The fourth-order valence-corrected chi connectivity index (χ4v) is 5.72. The number of hydrogen-bond acceptors (Lipinski definition) is 5. The molecule has 208 valence electrons. The number of likely N-dealkylation sites (tertiary alicyclic amines) is 1. The summed E-state index contributed by atoms with van der Waals surface area (Å²) in [5.41, 5.74) is 9.49. The average Bonchev–Trinajstić information content (AvgIpc) is 3.45. The lowest BCUT2D eigenvalue weighted by Gasteiger charge is -2.46. The van der Waals surface area contributed by atoms with Crippen molar-refractivity contribution in [1.29, 1.82) is 0 Å². The highest BCUT2D eigenvalue weighted by molar-refractivity contribution is 5.92. The molecule has 5 rings (SSSR count). The van der Waals surface area contributed by atoms with Gasteiger partial charge in [-0.1, -0.05) is 36.4 Å². The topological polar surface area (TPSA) is 124 Å². The number of hydrogen-bond donors (Lipinski definition) is 4. The van der Waals surface area contributed by atoms with Crippen LogP contribution in [-0.4, -0.2) is 72.4 Å². The fraction of sp³-hybridized carbons (Fsp3) is 0.433. The largest absolute Gasteiger partial charge is 0.367 e. The average molecular weight is 533 g/mol. The third kappa shape index (κ3) is 5.93. The van der Waals surface area contributed by atoms with Crippen LogP contribution in [0.2, 0.25) is 0 Å². The van der Waals surface area contributed by atoms with Gasteiger partial charge in [-0.3, -0.25) is 14.4 Å². The van der Waals surface area contributed by atoms with Crippen molar-refractivity contribution in [2.45, 2.75) is 56.7 Å². The van der Waals surface area contributed by atoms with Gasteiger partial charge < -0.3 is 31.2 Å². The number of fused-ring (bicyclic) bond motifs is 2. The van der Waals surface area contributed by atoms with E-state index in [1.54, 1.807) is 20.9 Å². The summed E-state index contributed by atoms with van der Waals surface area (Å²) >= 11 is 0. The molecular formula is C30H40N6O3. The van der Waals surface area contributed by atoms with Crippen LogP contribution in [0.4, 0.5) is 5.69 Å². The standard InChI is InChI=1S/C28H35N5O2.C2H5NO/c1-27(2,29)26(35)31-23(15-20-17-30-22-11-6-5-10-21(20)22)25(34)33-14-8-13-28(18-33)16-19-9-4-7-12-24(19)32(28)3;1-3-2-4/h4-7,9-12,17,23,30H,8,13-16,18,29H2,1-3H3,(H,31,35);2H,1H3,(H,3,4)/t23-,28?;/m1./s1. The monoisotopic (exact) mass is 532 g/mol. The summed E-state index contributed by atoms with van der Waals surface area (Å²) < 4.78 is 0. The van der Waals surface area contributed by atoms with Gasteiger partial charge in [0.15, 0.2) is 0 Å². The quantitative estimate of drug-likeness (QED) is 0.363. The first-order valence-corrected chi connectivity index (χ1v) is 13.5. The summed E-state index contributed by atoms with van der Waals surface area (Å²) in [7, 11) is 3.70. The Kier molecular flexibility index (Phi) is 8.30. The summed E-state index contributed by atoms with van der Waals surface area (Å²) in [5, 5.41) is 6.29. The Balaban J connectivity index is 0.000000826. The second kappa shape index (κ2) is 11.5. The molecule has 0 radical (unpaired) electrons. The Morgan fingerprint density at radius 3 is 2.56 bits per heavy atom. The second-order valence-electron chi connectivity index (χ2n) is 11.2. The summed E-state index contributed by atoms with van der Waals surface area (Å²) in [6.45, 7) is 4.66. The molecule has 39 heavy (non-hydrogen) atoms. The van der Waals surface area contributed by atoms with Gasteiger partial charge in [0.2, 0.25) is 18.2 Å². The van der Waals surface area contributed by atoms with Crippen molar-refractivity contribution in [2.24, 2.45) is 5.73 Å². The Bertz CT molecular complexity index is 1330. The number of anilines is 1. The first-order chi connectivity index (χ1) is 18.6. The van der Waals surface area contributed by atoms with E-state index < -0.39 is 11.6 Å². The van der Waals surface area contributed by atoms with Crippen molar-refractivity contribution in [3.8, 4) is 0 Å². The first kappa shape index (κ1) is 28.2. The molecule has 5 N–H and O–H groups in total. The van der Waals surface area contributed by atoms with Gasteiger partial charge in [0, 0.05) is 56.4 Å². The van der Waals surface area contributed by atoms with Crippen molar-refractivity contribution < 1.29 is 14.4 Å². The number of benzene rings is 2. The molecule has 0 saturated carbocycles. The lowest BCUT2D eigenvalue weighted by atomic mass is 9.85. The van der Waals surface area contributed by atoms with Crippen molar-refractivity contribution in [2.75, 3.05) is 32.1 Å². The fourth-order valence-electron chi connectivity index (χ4n) is 5.72. The van der Waals surface area contributed by atoms with E-state index in [1.807, 2.05) is 35.4 Å². The van der Waals surface area contributed by atoms with Crippen LogP contribution in [0.15, 0.2) is 54.7 Å². The maximum absolute atomic E-state index is 14.0. The van der Waals surface area contributed by atoms with Gasteiger partial charge in [0.1, 0.15) is 6.04 Å². The predicted octanol–water partition coefficient (Wildman–Crippen LogP) is 2.35. The van der Waals surface area contributed by atoms with Crippen LogP contribution in [0.1, 0.15) is 37.8 Å². The Labute approximate surface area is 230 Å². The number of carbonyl (C=O) groups is 3.